The van der Waals surface area contributed by atoms with Crippen molar-refractivity contribution in [3.8, 4) is 0 Å². The minimum Gasteiger partial charge on any atom is -0.462 e. The standard InChI is InChI=1S/C43H74O5/c1-4-7-10-13-15-17-19-20-21-22-23-25-27-29-32-35-38-46-39-41(48-43(45)37-34-30-12-9-6-3)40-47-42(44)36-33-31-28-26-24-18-16-14-11-8-5-2/h7,10,14-17,20-21,23,25,41H,4-6,8-9,11-13,18-19,22,24,26-40H2,1-3H3/b10-7-,16-14-,17-15-,21-20-,25-23-. The number of esters is 2. The second-order valence-electron chi connectivity index (χ2n) is 12.8. The lowest BCUT2D eigenvalue weighted by Crippen LogP contribution is -2.30. The van der Waals surface area contributed by atoms with Gasteiger partial charge in [-0.15, -0.1) is 0 Å². The molecule has 0 aromatic heterocycles. The first-order valence-corrected chi connectivity index (χ1v) is 19.8. The number of carbonyl (C=O) groups excluding carboxylic acids is 2. The molecular formula is C43H74O5. The largest absolute Gasteiger partial charge is 0.462 e. The Morgan fingerprint density at radius 2 is 0.958 bits per heavy atom. The van der Waals surface area contributed by atoms with E-state index in [0.717, 1.165) is 96.3 Å². The molecule has 48 heavy (non-hydrogen) atoms. The maximum atomic E-state index is 12.5. The molecule has 0 aliphatic carbocycles. The summed E-state index contributed by atoms with van der Waals surface area (Å²) < 4.78 is 17.1. The number of allylic oxidation sites excluding steroid dienone is 10. The lowest BCUT2D eigenvalue weighted by Gasteiger charge is -2.18. The molecule has 0 aliphatic rings. The van der Waals surface area contributed by atoms with Crippen LogP contribution < -0.4 is 0 Å². The average Bonchev–Trinajstić information content (AvgIpc) is 3.08. The van der Waals surface area contributed by atoms with Gasteiger partial charge >= 0.3 is 11.9 Å². The quantitative estimate of drug-likeness (QED) is 0.0381. The highest BCUT2D eigenvalue weighted by Gasteiger charge is 2.17. The van der Waals surface area contributed by atoms with E-state index >= 15 is 0 Å². The zero-order valence-electron chi connectivity index (χ0n) is 31.5. The van der Waals surface area contributed by atoms with E-state index in [-0.39, 0.29) is 25.2 Å². The zero-order valence-corrected chi connectivity index (χ0v) is 31.5. The molecule has 5 nitrogen and oxygen atoms in total. The van der Waals surface area contributed by atoms with Gasteiger partial charge in [0.15, 0.2) is 6.10 Å². The molecule has 0 amide bonds. The molecule has 1 unspecified atom stereocenters. The molecule has 0 fully saturated rings. The van der Waals surface area contributed by atoms with Crippen molar-refractivity contribution in [1.29, 1.82) is 0 Å². The molecule has 0 N–H and O–H groups in total. The van der Waals surface area contributed by atoms with Crippen molar-refractivity contribution in [1.82, 2.24) is 0 Å². The van der Waals surface area contributed by atoms with Crippen molar-refractivity contribution in [2.45, 2.75) is 181 Å². The van der Waals surface area contributed by atoms with Gasteiger partial charge in [-0.3, -0.25) is 9.59 Å². The van der Waals surface area contributed by atoms with Gasteiger partial charge in [0, 0.05) is 19.4 Å². The molecule has 0 aromatic carbocycles. The van der Waals surface area contributed by atoms with Crippen LogP contribution in [0.3, 0.4) is 0 Å². The number of carbonyl (C=O) groups is 2. The van der Waals surface area contributed by atoms with E-state index in [1.807, 2.05) is 0 Å². The Kier molecular flexibility index (Phi) is 37.1. The van der Waals surface area contributed by atoms with Gasteiger partial charge in [-0.1, -0.05) is 146 Å². The van der Waals surface area contributed by atoms with Gasteiger partial charge in [-0.2, -0.15) is 0 Å². The lowest BCUT2D eigenvalue weighted by molar-refractivity contribution is -0.163. The van der Waals surface area contributed by atoms with Crippen LogP contribution in [0.25, 0.3) is 0 Å². The third kappa shape index (κ3) is 36.4. The van der Waals surface area contributed by atoms with Crippen LogP contribution >= 0.6 is 0 Å². The molecule has 1 atom stereocenters. The zero-order chi connectivity index (χ0) is 35.0. The first-order chi connectivity index (χ1) is 23.6. The highest BCUT2D eigenvalue weighted by Crippen LogP contribution is 2.11. The molecule has 0 saturated carbocycles. The Morgan fingerprint density at radius 1 is 0.479 bits per heavy atom. The predicted octanol–water partition coefficient (Wildman–Crippen LogP) is 12.7. The normalized spacial score (nSPS) is 12.8. The second-order valence-corrected chi connectivity index (χ2v) is 12.8. The summed E-state index contributed by atoms with van der Waals surface area (Å²) >= 11 is 0. The molecule has 0 spiro atoms. The summed E-state index contributed by atoms with van der Waals surface area (Å²) in [6.07, 6.45) is 46.7. The Labute approximate surface area is 296 Å². The van der Waals surface area contributed by atoms with E-state index in [9.17, 15) is 9.59 Å². The molecule has 0 saturated heterocycles. The number of ether oxygens (including phenoxy) is 3. The average molecular weight is 671 g/mol. The molecule has 0 aliphatic heterocycles. The van der Waals surface area contributed by atoms with E-state index < -0.39 is 6.10 Å². The Bertz CT molecular complexity index is 853. The van der Waals surface area contributed by atoms with Crippen LogP contribution in [0.2, 0.25) is 0 Å². The Morgan fingerprint density at radius 3 is 1.58 bits per heavy atom. The highest BCUT2D eigenvalue weighted by atomic mass is 16.6. The van der Waals surface area contributed by atoms with Gasteiger partial charge in [-0.25, -0.2) is 0 Å². The van der Waals surface area contributed by atoms with Crippen LogP contribution in [-0.4, -0.2) is 37.9 Å². The molecule has 0 rings (SSSR count). The van der Waals surface area contributed by atoms with Crippen LogP contribution in [0.1, 0.15) is 175 Å². The molecule has 276 valence electrons. The second kappa shape index (κ2) is 39.0. The highest BCUT2D eigenvalue weighted by molar-refractivity contribution is 5.70. The summed E-state index contributed by atoms with van der Waals surface area (Å²) in [4.78, 5) is 24.9. The molecule has 0 aromatic rings. The topological polar surface area (TPSA) is 61.8 Å². The number of hydrogen-bond acceptors (Lipinski definition) is 5. The fourth-order valence-electron chi connectivity index (χ4n) is 5.07. The maximum Gasteiger partial charge on any atom is 0.306 e. The minimum absolute atomic E-state index is 0.0661. The first-order valence-electron chi connectivity index (χ1n) is 19.8. The predicted molar refractivity (Wildman–Crippen MR) is 205 cm³/mol. The fourth-order valence-corrected chi connectivity index (χ4v) is 5.07. The van der Waals surface area contributed by atoms with Crippen LogP contribution in [0, 0.1) is 0 Å². The Balaban J connectivity index is 4.19. The SMILES string of the molecule is CC/C=C\C/C=C\C/C=C\C/C=C\CCCCCOCC(COC(=O)CCCCCCC/C=C\CCCC)OC(=O)CCCCCCC. The van der Waals surface area contributed by atoms with E-state index in [0.29, 0.717) is 19.4 Å². The van der Waals surface area contributed by atoms with Gasteiger partial charge in [0.1, 0.15) is 6.61 Å². The van der Waals surface area contributed by atoms with Gasteiger partial charge in [-0.05, 0) is 77.0 Å². The minimum atomic E-state index is -0.549. The van der Waals surface area contributed by atoms with Crippen molar-refractivity contribution in [2.24, 2.45) is 0 Å². The molecule has 0 radical (unpaired) electrons. The fraction of sp³-hybridized carbons (Fsp3) is 0.721. The number of unbranched alkanes of at least 4 members (excludes halogenated alkanes) is 14. The van der Waals surface area contributed by atoms with Gasteiger partial charge in [0.25, 0.3) is 0 Å². The summed E-state index contributed by atoms with van der Waals surface area (Å²) in [6.45, 7) is 7.50. The summed E-state index contributed by atoms with van der Waals surface area (Å²) in [6, 6.07) is 0. The van der Waals surface area contributed by atoms with Crippen LogP contribution in [0.5, 0.6) is 0 Å². The van der Waals surface area contributed by atoms with E-state index in [1.54, 1.807) is 0 Å². The molecule has 5 heteroatoms. The van der Waals surface area contributed by atoms with Crippen molar-refractivity contribution in [3.05, 3.63) is 60.8 Å². The van der Waals surface area contributed by atoms with Crippen molar-refractivity contribution in [2.75, 3.05) is 19.8 Å². The van der Waals surface area contributed by atoms with E-state index in [1.165, 1.54) is 44.9 Å². The first kappa shape index (κ1) is 45.6. The van der Waals surface area contributed by atoms with Crippen LogP contribution in [0.4, 0.5) is 0 Å². The summed E-state index contributed by atoms with van der Waals surface area (Å²) in [5.74, 6) is -0.445. The maximum absolute atomic E-state index is 12.5. The third-order valence-electron chi connectivity index (χ3n) is 8.04. The van der Waals surface area contributed by atoms with E-state index in [4.69, 9.17) is 14.2 Å². The summed E-state index contributed by atoms with van der Waals surface area (Å²) in [5, 5.41) is 0. The molecule has 0 heterocycles. The number of hydrogen-bond donors (Lipinski definition) is 0. The van der Waals surface area contributed by atoms with Crippen molar-refractivity contribution < 1.29 is 23.8 Å². The van der Waals surface area contributed by atoms with Crippen LogP contribution in [0.15, 0.2) is 60.8 Å². The molecular weight excluding hydrogens is 596 g/mol. The lowest BCUT2D eigenvalue weighted by atomic mass is 10.1. The summed E-state index contributed by atoms with van der Waals surface area (Å²) in [7, 11) is 0. The van der Waals surface area contributed by atoms with Gasteiger partial charge in [0.05, 0.1) is 6.61 Å². The monoisotopic (exact) mass is 671 g/mol. The van der Waals surface area contributed by atoms with Crippen molar-refractivity contribution in [3.63, 3.8) is 0 Å². The van der Waals surface area contributed by atoms with Crippen LogP contribution in [-0.2, 0) is 23.8 Å². The smallest absolute Gasteiger partial charge is 0.306 e. The van der Waals surface area contributed by atoms with E-state index in [2.05, 4.69) is 81.5 Å². The van der Waals surface area contributed by atoms with Gasteiger partial charge < -0.3 is 14.2 Å². The van der Waals surface area contributed by atoms with Crippen molar-refractivity contribution >= 4 is 11.9 Å². The summed E-state index contributed by atoms with van der Waals surface area (Å²) in [5.41, 5.74) is 0. The Hall–Kier alpha value is -2.40. The van der Waals surface area contributed by atoms with Gasteiger partial charge in [0.2, 0.25) is 0 Å². The molecule has 0 bridgehead atoms. The number of rotatable bonds is 35. The third-order valence-corrected chi connectivity index (χ3v) is 8.04.